The van der Waals surface area contributed by atoms with E-state index in [4.69, 9.17) is 9.47 Å². The summed E-state index contributed by atoms with van der Waals surface area (Å²) in [7, 11) is -0.508. The fraction of sp³-hybridized carbons (Fsp3) is 0.571. The molecule has 1 rings (SSSR count). The topological polar surface area (TPSA) is 64.6 Å². The summed E-state index contributed by atoms with van der Waals surface area (Å²) in [6, 6.07) is 3.16. The molecule has 0 atom stereocenters. The minimum Gasteiger partial charge on any atom is -0.493 e. The van der Waals surface area contributed by atoms with E-state index in [1.54, 1.807) is 13.0 Å². The lowest BCUT2D eigenvalue weighted by atomic mass is 10.2. The molecule has 0 saturated carbocycles. The third-order valence-corrected chi connectivity index (χ3v) is 4.65. The van der Waals surface area contributed by atoms with Crippen molar-refractivity contribution in [1.29, 1.82) is 0 Å². The maximum Gasteiger partial charge on any atom is 0.240 e. The summed E-state index contributed by atoms with van der Waals surface area (Å²) in [5, 5.41) is 0. The van der Waals surface area contributed by atoms with Crippen molar-refractivity contribution in [1.82, 2.24) is 4.72 Å². The van der Waals surface area contributed by atoms with Crippen LogP contribution in [-0.4, -0.2) is 29.2 Å². The predicted molar refractivity (Wildman–Crippen MR) is 79.0 cm³/mol. The third kappa shape index (κ3) is 4.11. The van der Waals surface area contributed by atoms with Gasteiger partial charge in [0.25, 0.3) is 0 Å². The third-order valence-electron chi connectivity index (χ3n) is 3.04. The molecule has 5 nitrogen and oxygen atoms in total. The van der Waals surface area contributed by atoms with Crippen molar-refractivity contribution in [2.75, 3.05) is 20.8 Å². The smallest absolute Gasteiger partial charge is 0.240 e. The van der Waals surface area contributed by atoms with Crippen LogP contribution in [0.25, 0.3) is 0 Å². The molecule has 1 N–H and O–H groups in total. The number of rotatable bonds is 8. The molecule has 0 aliphatic rings. The first-order valence-corrected chi connectivity index (χ1v) is 8.16. The van der Waals surface area contributed by atoms with Gasteiger partial charge in [0.1, 0.15) is 0 Å². The molecule has 0 amide bonds. The highest BCUT2D eigenvalue weighted by molar-refractivity contribution is 7.89. The second-order valence-corrected chi connectivity index (χ2v) is 6.31. The average Bonchev–Trinajstić information content (AvgIpc) is 2.43. The average molecular weight is 301 g/mol. The van der Waals surface area contributed by atoms with Gasteiger partial charge in [-0.2, -0.15) is 0 Å². The van der Waals surface area contributed by atoms with Gasteiger partial charge in [0.15, 0.2) is 11.5 Å². The summed E-state index contributed by atoms with van der Waals surface area (Å²) in [6.07, 6.45) is 2.90. The van der Waals surface area contributed by atoms with Crippen LogP contribution in [0.3, 0.4) is 0 Å². The number of hydrogen-bond acceptors (Lipinski definition) is 4. The molecule has 1 aromatic carbocycles. The Hall–Kier alpha value is -1.27. The van der Waals surface area contributed by atoms with Crippen LogP contribution >= 0.6 is 0 Å². The van der Waals surface area contributed by atoms with Crippen LogP contribution < -0.4 is 14.2 Å². The molecule has 20 heavy (non-hydrogen) atoms. The van der Waals surface area contributed by atoms with Gasteiger partial charge in [-0.05, 0) is 25.0 Å². The largest absolute Gasteiger partial charge is 0.493 e. The van der Waals surface area contributed by atoms with Gasteiger partial charge in [-0.25, -0.2) is 13.1 Å². The maximum absolute atomic E-state index is 12.3. The number of unbranched alkanes of at least 4 members (excludes halogenated alkanes) is 2. The molecular formula is C14H23NO4S. The van der Waals surface area contributed by atoms with Gasteiger partial charge in [0.05, 0.1) is 19.1 Å². The van der Waals surface area contributed by atoms with E-state index in [0.29, 0.717) is 23.6 Å². The zero-order valence-electron chi connectivity index (χ0n) is 12.5. The lowest BCUT2D eigenvalue weighted by Gasteiger charge is -2.13. The van der Waals surface area contributed by atoms with E-state index in [-0.39, 0.29) is 4.90 Å². The van der Waals surface area contributed by atoms with Gasteiger partial charge in [-0.15, -0.1) is 0 Å². The second kappa shape index (κ2) is 7.50. The highest BCUT2D eigenvalue weighted by Crippen LogP contribution is 2.32. The minimum absolute atomic E-state index is 0.228. The maximum atomic E-state index is 12.3. The Morgan fingerprint density at radius 3 is 2.25 bits per heavy atom. The molecule has 0 aromatic heterocycles. The molecule has 114 valence electrons. The summed E-state index contributed by atoms with van der Waals surface area (Å²) >= 11 is 0. The SMILES string of the molecule is CCCCCNS(=O)(=O)c1cc(OC)c(OC)cc1C. The van der Waals surface area contributed by atoms with E-state index in [1.807, 2.05) is 0 Å². The van der Waals surface area contributed by atoms with Crippen LogP contribution in [0.15, 0.2) is 17.0 Å². The summed E-state index contributed by atoms with van der Waals surface area (Å²) in [6.45, 7) is 4.26. The zero-order chi connectivity index (χ0) is 15.2. The fourth-order valence-corrected chi connectivity index (χ4v) is 3.22. The molecule has 0 aliphatic carbocycles. The summed E-state index contributed by atoms with van der Waals surface area (Å²) in [5.74, 6) is 0.932. The molecule has 0 aliphatic heterocycles. The number of benzene rings is 1. The van der Waals surface area contributed by atoms with E-state index in [1.165, 1.54) is 20.3 Å². The number of aryl methyl sites for hydroxylation is 1. The highest BCUT2D eigenvalue weighted by atomic mass is 32.2. The van der Waals surface area contributed by atoms with Crippen molar-refractivity contribution < 1.29 is 17.9 Å². The molecule has 0 unspecified atom stereocenters. The van der Waals surface area contributed by atoms with Crippen LogP contribution in [0, 0.1) is 6.92 Å². The van der Waals surface area contributed by atoms with E-state index in [0.717, 1.165) is 19.3 Å². The van der Waals surface area contributed by atoms with Crippen molar-refractivity contribution in [3.63, 3.8) is 0 Å². The van der Waals surface area contributed by atoms with Crippen LogP contribution in [0.2, 0.25) is 0 Å². The van der Waals surface area contributed by atoms with Crippen LogP contribution in [0.5, 0.6) is 11.5 Å². The van der Waals surface area contributed by atoms with Gasteiger partial charge in [0, 0.05) is 12.6 Å². The van der Waals surface area contributed by atoms with Gasteiger partial charge in [-0.1, -0.05) is 19.8 Å². The Morgan fingerprint density at radius 2 is 1.70 bits per heavy atom. The highest BCUT2D eigenvalue weighted by Gasteiger charge is 2.19. The molecule has 6 heteroatoms. The minimum atomic E-state index is -3.51. The van der Waals surface area contributed by atoms with Crippen LogP contribution in [0.1, 0.15) is 31.7 Å². The lowest BCUT2D eigenvalue weighted by Crippen LogP contribution is -2.25. The van der Waals surface area contributed by atoms with Crippen LogP contribution in [-0.2, 0) is 10.0 Å². The predicted octanol–water partition coefficient (Wildman–Crippen LogP) is 2.48. The first kappa shape index (κ1) is 16.8. The fourth-order valence-electron chi connectivity index (χ4n) is 1.91. The summed E-state index contributed by atoms with van der Waals surface area (Å²) in [4.78, 5) is 0.228. The van der Waals surface area contributed by atoms with Gasteiger partial charge in [-0.3, -0.25) is 0 Å². The first-order chi connectivity index (χ1) is 9.46. The van der Waals surface area contributed by atoms with E-state index < -0.39 is 10.0 Å². The normalized spacial score (nSPS) is 11.4. The molecule has 0 saturated heterocycles. The van der Waals surface area contributed by atoms with Crippen molar-refractivity contribution in [3.05, 3.63) is 17.7 Å². The number of methoxy groups -OCH3 is 2. The number of hydrogen-bond donors (Lipinski definition) is 1. The summed E-state index contributed by atoms with van der Waals surface area (Å²) in [5.41, 5.74) is 0.630. The number of nitrogens with one attached hydrogen (secondary N) is 1. The number of sulfonamides is 1. The molecule has 0 heterocycles. The Kier molecular flexibility index (Phi) is 6.29. The Morgan fingerprint density at radius 1 is 1.10 bits per heavy atom. The van der Waals surface area contributed by atoms with Gasteiger partial charge >= 0.3 is 0 Å². The van der Waals surface area contributed by atoms with Crippen molar-refractivity contribution in [2.24, 2.45) is 0 Å². The zero-order valence-corrected chi connectivity index (χ0v) is 13.3. The first-order valence-electron chi connectivity index (χ1n) is 6.68. The lowest BCUT2D eigenvalue weighted by molar-refractivity contribution is 0.353. The quantitative estimate of drug-likeness (QED) is 0.749. The van der Waals surface area contributed by atoms with Crippen molar-refractivity contribution in [2.45, 2.75) is 38.0 Å². The van der Waals surface area contributed by atoms with E-state index >= 15 is 0 Å². The molecular weight excluding hydrogens is 278 g/mol. The Labute approximate surface area is 121 Å². The van der Waals surface area contributed by atoms with E-state index in [9.17, 15) is 8.42 Å². The molecule has 0 spiro atoms. The summed E-state index contributed by atoms with van der Waals surface area (Å²) < 4.78 is 37.5. The molecule has 0 bridgehead atoms. The Bertz CT molecular complexity index is 540. The van der Waals surface area contributed by atoms with Gasteiger partial charge < -0.3 is 9.47 Å². The monoisotopic (exact) mass is 301 g/mol. The number of ether oxygens (including phenoxy) is 2. The van der Waals surface area contributed by atoms with Crippen LogP contribution in [0.4, 0.5) is 0 Å². The van der Waals surface area contributed by atoms with Crippen molar-refractivity contribution in [3.8, 4) is 11.5 Å². The van der Waals surface area contributed by atoms with E-state index in [2.05, 4.69) is 11.6 Å². The molecule has 0 fully saturated rings. The molecule has 1 aromatic rings. The molecule has 0 radical (unpaired) electrons. The van der Waals surface area contributed by atoms with Gasteiger partial charge in [0.2, 0.25) is 10.0 Å². The standard InChI is InChI=1S/C14H23NO4S/c1-5-6-7-8-15-20(16,17)14-10-13(19-4)12(18-3)9-11(14)2/h9-10,15H,5-8H2,1-4H3. The second-order valence-electron chi connectivity index (χ2n) is 4.58. The van der Waals surface area contributed by atoms with Crippen molar-refractivity contribution >= 4 is 10.0 Å². The Balaban J connectivity index is 2.99.